The van der Waals surface area contributed by atoms with Crippen molar-refractivity contribution < 1.29 is 0 Å². The van der Waals surface area contributed by atoms with Crippen molar-refractivity contribution in [3.05, 3.63) is 64.7 Å². The van der Waals surface area contributed by atoms with E-state index in [-0.39, 0.29) is 0 Å². The topological polar surface area (TPSA) is 29.3 Å². The highest BCUT2D eigenvalue weighted by Crippen LogP contribution is 2.33. The van der Waals surface area contributed by atoms with Gasteiger partial charge in [-0.25, -0.2) is 0 Å². The lowest BCUT2D eigenvalue weighted by molar-refractivity contribution is 0.248. The number of anilines is 1. The van der Waals surface area contributed by atoms with Crippen LogP contribution in [0.1, 0.15) is 30.0 Å². The Hall–Kier alpha value is -1.51. The summed E-state index contributed by atoms with van der Waals surface area (Å²) in [6.45, 7) is 2.10. The van der Waals surface area contributed by atoms with Crippen LogP contribution in [0, 0.1) is 0 Å². The highest BCUT2D eigenvalue weighted by atomic mass is 35.5. The third kappa shape index (κ3) is 2.97. The largest absolute Gasteiger partial charge is 0.399 e. The number of halogens is 1. The SMILES string of the molecule is Nc1cccc(CN2CCCC2c2ccc(Cl)cc2)c1. The Labute approximate surface area is 125 Å². The van der Waals surface area contributed by atoms with E-state index in [9.17, 15) is 0 Å². The zero-order valence-corrected chi connectivity index (χ0v) is 12.2. The summed E-state index contributed by atoms with van der Waals surface area (Å²) in [4.78, 5) is 2.53. The van der Waals surface area contributed by atoms with Crippen LogP contribution < -0.4 is 5.73 Å². The van der Waals surface area contributed by atoms with E-state index in [1.807, 2.05) is 24.3 Å². The highest BCUT2D eigenvalue weighted by Gasteiger charge is 2.25. The van der Waals surface area contributed by atoms with E-state index in [4.69, 9.17) is 17.3 Å². The van der Waals surface area contributed by atoms with Crippen LogP contribution in [0.25, 0.3) is 0 Å². The van der Waals surface area contributed by atoms with Gasteiger partial charge in [0.05, 0.1) is 0 Å². The normalized spacial score (nSPS) is 19.4. The molecule has 1 saturated heterocycles. The molecule has 20 heavy (non-hydrogen) atoms. The van der Waals surface area contributed by atoms with Crippen LogP contribution in [0.5, 0.6) is 0 Å². The molecule has 2 aromatic carbocycles. The number of benzene rings is 2. The molecule has 2 N–H and O–H groups in total. The Balaban J connectivity index is 1.77. The molecule has 3 rings (SSSR count). The molecule has 0 aliphatic carbocycles. The maximum atomic E-state index is 5.97. The summed E-state index contributed by atoms with van der Waals surface area (Å²) in [5.74, 6) is 0. The van der Waals surface area contributed by atoms with Crippen molar-refractivity contribution in [1.29, 1.82) is 0 Å². The van der Waals surface area contributed by atoms with Crippen molar-refractivity contribution in [2.24, 2.45) is 0 Å². The molecule has 1 aliphatic heterocycles. The summed E-state index contributed by atoms with van der Waals surface area (Å²) in [5, 5.41) is 0.800. The first-order chi connectivity index (χ1) is 9.72. The van der Waals surface area contributed by atoms with Gasteiger partial charge in [0.15, 0.2) is 0 Å². The molecule has 2 aromatic rings. The minimum atomic E-state index is 0.494. The maximum Gasteiger partial charge on any atom is 0.0406 e. The summed E-state index contributed by atoms with van der Waals surface area (Å²) < 4.78 is 0. The fourth-order valence-electron chi connectivity index (χ4n) is 3.00. The molecule has 0 saturated carbocycles. The van der Waals surface area contributed by atoms with Crippen LogP contribution in [0.4, 0.5) is 5.69 Å². The van der Waals surface area contributed by atoms with E-state index in [0.717, 1.165) is 23.8 Å². The lowest BCUT2D eigenvalue weighted by Crippen LogP contribution is -2.22. The third-order valence-electron chi connectivity index (χ3n) is 3.96. The molecule has 1 unspecified atom stereocenters. The highest BCUT2D eigenvalue weighted by molar-refractivity contribution is 6.30. The fourth-order valence-corrected chi connectivity index (χ4v) is 3.13. The smallest absolute Gasteiger partial charge is 0.0406 e. The quantitative estimate of drug-likeness (QED) is 0.854. The maximum absolute atomic E-state index is 5.97. The molecular formula is C17H19ClN2. The number of rotatable bonds is 3. The van der Waals surface area contributed by atoms with Crippen LogP contribution in [0.15, 0.2) is 48.5 Å². The van der Waals surface area contributed by atoms with Crippen LogP contribution in [-0.2, 0) is 6.54 Å². The Morgan fingerprint density at radius 3 is 2.70 bits per heavy atom. The molecule has 0 amide bonds. The average molecular weight is 287 g/mol. The Morgan fingerprint density at radius 1 is 1.15 bits per heavy atom. The molecule has 1 fully saturated rings. The summed E-state index contributed by atoms with van der Waals surface area (Å²) >= 11 is 5.97. The first-order valence-electron chi connectivity index (χ1n) is 7.06. The van der Waals surface area contributed by atoms with Gasteiger partial charge >= 0.3 is 0 Å². The first-order valence-corrected chi connectivity index (χ1v) is 7.44. The molecule has 1 heterocycles. The molecule has 0 radical (unpaired) electrons. The minimum absolute atomic E-state index is 0.494. The van der Waals surface area contributed by atoms with Crippen molar-refractivity contribution in [3.63, 3.8) is 0 Å². The summed E-state index contributed by atoms with van der Waals surface area (Å²) in [6, 6.07) is 16.9. The van der Waals surface area contributed by atoms with Crippen molar-refractivity contribution in [2.75, 3.05) is 12.3 Å². The van der Waals surface area contributed by atoms with E-state index in [2.05, 4.69) is 29.2 Å². The van der Waals surface area contributed by atoms with E-state index < -0.39 is 0 Å². The minimum Gasteiger partial charge on any atom is -0.399 e. The molecule has 0 aromatic heterocycles. The number of nitrogen functional groups attached to an aromatic ring is 1. The predicted octanol–water partition coefficient (Wildman–Crippen LogP) is 4.26. The molecular weight excluding hydrogens is 268 g/mol. The van der Waals surface area contributed by atoms with Crippen LogP contribution in [0.2, 0.25) is 5.02 Å². The summed E-state index contributed by atoms with van der Waals surface area (Å²) in [7, 11) is 0. The van der Waals surface area contributed by atoms with Gasteiger partial charge in [0.2, 0.25) is 0 Å². The van der Waals surface area contributed by atoms with Crippen molar-refractivity contribution in [1.82, 2.24) is 4.90 Å². The number of hydrogen-bond donors (Lipinski definition) is 1. The lowest BCUT2D eigenvalue weighted by Gasteiger charge is -2.25. The summed E-state index contributed by atoms with van der Waals surface area (Å²) in [5.41, 5.74) is 9.34. The van der Waals surface area contributed by atoms with E-state index in [1.165, 1.54) is 24.0 Å². The lowest BCUT2D eigenvalue weighted by atomic mass is 10.0. The van der Waals surface area contributed by atoms with Gasteiger partial charge in [-0.05, 0) is 54.8 Å². The van der Waals surface area contributed by atoms with Gasteiger partial charge in [0.25, 0.3) is 0 Å². The van der Waals surface area contributed by atoms with Crippen molar-refractivity contribution >= 4 is 17.3 Å². The standard InChI is InChI=1S/C17H19ClN2/c18-15-8-6-14(7-9-15)17-5-2-10-20(17)12-13-3-1-4-16(19)11-13/h1,3-4,6-9,11,17H,2,5,10,12,19H2. The van der Waals surface area contributed by atoms with E-state index in [0.29, 0.717) is 6.04 Å². The molecule has 0 bridgehead atoms. The fraction of sp³-hybridized carbons (Fsp3) is 0.294. The van der Waals surface area contributed by atoms with Gasteiger partial charge in [0, 0.05) is 23.3 Å². The number of nitrogens with zero attached hydrogens (tertiary/aromatic N) is 1. The van der Waals surface area contributed by atoms with Gasteiger partial charge in [-0.2, -0.15) is 0 Å². The van der Waals surface area contributed by atoms with Crippen LogP contribution in [-0.4, -0.2) is 11.4 Å². The Bertz CT molecular complexity index is 580. The Kier molecular flexibility index (Phi) is 3.95. The van der Waals surface area contributed by atoms with E-state index in [1.54, 1.807) is 0 Å². The molecule has 2 nitrogen and oxygen atoms in total. The third-order valence-corrected chi connectivity index (χ3v) is 4.21. The molecule has 0 spiro atoms. The average Bonchev–Trinajstić information content (AvgIpc) is 2.88. The van der Waals surface area contributed by atoms with Gasteiger partial charge in [-0.3, -0.25) is 4.90 Å². The molecule has 3 heteroatoms. The number of hydrogen-bond acceptors (Lipinski definition) is 2. The predicted molar refractivity (Wildman–Crippen MR) is 84.7 cm³/mol. The molecule has 1 atom stereocenters. The van der Waals surface area contributed by atoms with Crippen LogP contribution >= 0.6 is 11.6 Å². The first kappa shape index (κ1) is 13.5. The van der Waals surface area contributed by atoms with Gasteiger partial charge < -0.3 is 5.73 Å². The second-order valence-electron chi connectivity index (χ2n) is 5.43. The number of nitrogens with two attached hydrogens (primary N) is 1. The van der Waals surface area contributed by atoms with E-state index >= 15 is 0 Å². The second kappa shape index (κ2) is 5.86. The van der Waals surface area contributed by atoms with Crippen molar-refractivity contribution in [3.8, 4) is 0 Å². The van der Waals surface area contributed by atoms with Gasteiger partial charge in [0.1, 0.15) is 0 Å². The summed E-state index contributed by atoms with van der Waals surface area (Å²) in [6.07, 6.45) is 2.46. The monoisotopic (exact) mass is 286 g/mol. The van der Waals surface area contributed by atoms with Crippen LogP contribution in [0.3, 0.4) is 0 Å². The Morgan fingerprint density at radius 2 is 1.95 bits per heavy atom. The van der Waals surface area contributed by atoms with Gasteiger partial charge in [-0.1, -0.05) is 35.9 Å². The zero-order valence-electron chi connectivity index (χ0n) is 11.4. The molecule has 1 aliphatic rings. The number of likely N-dealkylation sites (tertiary alicyclic amines) is 1. The zero-order chi connectivity index (χ0) is 13.9. The molecule has 104 valence electrons. The van der Waals surface area contributed by atoms with Gasteiger partial charge in [-0.15, -0.1) is 0 Å². The van der Waals surface area contributed by atoms with Crippen molar-refractivity contribution in [2.45, 2.75) is 25.4 Å². The second-order valence-corrected chi connectivity index (χ2v) is 5.86.